The van der Waals surface area contributed by atoms with Crippen molar-refractivity contribution in [3.05, 3.63) is 47.9 Å². The average molecular weight is 529 g/mol. The number of aliphatic hydroxyl groups excluding tert-OH is 1. The van der Waals surface area contributed by atoms with Crippen molar-refractivity contribution in [2.45, 2.75) is 63.0 Å². The summed E-state index contributed by atoms with van der Waals surface area (Å²) in [5, 5.41) is 11.9. The number of Topliss-reactive ketones (excluding diaryl/α,β-unsaturated/α-hetero) is 1. The van der Waals surface area contributed by atoms with Gasteiger partial charge in [-0.05, 0) is 61.7 Å². The fourth-order valence-corrected chi connectivity index (χ4v) is 7.94. The van der Waals surface area contributed by atoms with Crippen LogP contribution in [0.1, 0.15) is 67.9 Å². The van der Waals surface area contributed by atoms with E-state index in [1.54, 1.807) is 6.92 Å². The summed E-state index contributed by atoms with van der Waals surface area (Å²) in [6, 6.07) is -2.01. The maximum Gasteiger partial charge on any atom is 0.375 e. The predicted molar refractivity (Wildman–Crippen MR) is 130 cm³/mol. The van der Waals surface area contributed by atoms with Crippen molar-refractivity contribution in [1.82, 2.24) is 0 Å². The summed E-state index contributed by atoms with van der Waals surface area (Å²) in [4.78, 5) is 38.3. The Bertz CT molecular complexity index is 1520. The maximum atomic E-state index is 14.0. The number of rotatable bonds is 4. The molecule has 0 aromatic carbocycles. The van der Waals surface area contributed by atoms with E-state index in [0.29, 0.717) is 0 Å². The van der Waals surface area contributed by atoms with Crippen LogP contribution in [0.5, 0.6) is 0 Å². The van der Waals surface area contributed by atoms with Gasteiger partial charge in [-0.1, -0.05) is 32.4 Å². The van der Waals surface area contributed by atoms with Gasteiger partial charge in [-0.3, -0.25) is 9.59 Å². The second-order valence-corrected chi connectivity index (χ2v) is 11.2. The van der Waals surface area contributed by atoms with Crippen LogP contribution < -0.4 is 0 Å². The molecule has 35 heavy (non-hydrogen) atoms. The average Bonchev–Trinajstić information content (AvgIpc) is 3.27. The molecule has 1 N–H and O–H groups in total. The lowest BCUT2D eigenvalue weighted by molar-refractivity contribution is -0.177. The van der Waals surface area contributed by atoms with Crippen LogP contribution in [0.25, 0.3) is 0 Å². The van der Waals surface area contributed by atoms with Crippen molar-refractivity contribution < 1.29 is 39.6 Å². The third kappa shape index (κ3) is 3.02. The number of ether oxygens (including phenoxy) is 1. The Morgan fingerprint density at radius 1 is 1.40 bits per heavy atom. The van der Waals surface area contributed by atoms with E-state index in [4.69, 9.17) is 43.3 Å². The van der Waals surface area contributed by atoms with Gasteiger partial charge in [0.1, 0.15) is 1.37 Å². The molecule has 0 aliphatic heterocycles. The highest BCUT2D eigenvalue weighted by atomic mass is 35.5. The van der Waals surface area contributed by atoms with Crippen LogP contribution in [0.15, 0.2) is 46.5 Å². The second-order valence-electron chi connectivity index (χ2n) is 10.4. The normalized spacial score (nSPS) is 49.6. The van der Waals surface area contributed by atoms with E-state index in [1.165, 1.54) is 19.9 Å². The lowest BCUT2D eigenvalue weighted by Crippen LogP contribution is -2.69. The first-order chi connectivity index (χ1) is 19.5. The summed E-state index contributed by atoms with van der Waals surface area (Å²) in [6.45, 7) is 4.60. The number of fused-ring (bicyclic) bond motifs is 5. The van der Waals surface area contributed by atoms with E-state index >= 15 is 0 Å². The highest BCUT2D eigenvalue weighted by Crippen LogP contribution is 2.72. The third-order valence-electron chi connectivity index (χ3n) is 8.97. The van der Waals surface area contributed by atoms with E-state index in [0.717, 1.165) is 6.08 Å². The van der Waals surface area contributed by atoms with E-state index < -0.39 is 105 Å². The van der Waals surface area contributed by atoms with Crippen molar-refractivity contribution in [3.63, 3.8) is 0 Å². The van der Waals surface area contributed by atoms with E-state index in [9.17, 15) is 19.5 Å². The number of hydrogen-bond donors (Lipinski definition) is 1. The molecule has 0 amide bonds. The molecule has 4 aliphatic carbocycles. The molecule has 0 unspecified atom stereocenters. The van der Waals surface area contributed by atoms with Crippen molar-refractivity contribution in [3.8, 4) is 0 Å². The SMILES string of the molecule is [2H]C1=C2C([2H])([2H])C[C@H]3[C@@H]4C[C@@H](C)[C@](OC(=O)c5oc([2H])c([2H])c5[2H])(C(=O)C([2H])([2H])Cl)[C@@]4(C)C[C@H](O)[C@]3(Cl)[C@@]2(C)C=CC1=O. The van der Waals surface area contributed by atoms with Gasteiger partial charge in [-0.25, -0.2) is 4.79 Å². The van der Waals surface area contributed by atoms with Gasteiger partial charge in [-0.15, -0.1) is 23.2 Å². The van der Waals surface area contributed by atoms with Crippen molar-refractivity contribution >= 4 is 40.7 Å². The van der Waals surface area contributed by atoms with Gasteiger partial charge in [0.2, 0.25) is 5.76 Å². The minimum atomic E-state index is -3.07. The molecule has 1 aromatic heterocycles. The molecule has 8 atom stereocenters. The second kappa shape index (κ2) is 8.06. The van der Waals surface area contributed by atoms with E-state index in [1.807, 2.05) is 0 Å². The smallest absolute Gasteiger partial charge is 0.375 e. The van der Waals surface area contributed by atoms with Crippen LogP contribution >= 0.6 is 23.2 Å². The summed E-state index contributed by atoms with van der Waals surface area (Å²) < 4.78 is 76.8. The maximum absolute atomic E-state index is 14.0. The van der Waals surface area contributed by atoms with E-state index in [-0.39, 0.29) is 24.8 Å². The third-order valence-corrected chi connectivity index (χ3v) is 10.1. The van der Waals surface area contributed by atoms with Gasteiger partial charge in [0.25, 0.3) is 0 Å². The molecule has 1 heterocycles. The Balaban J connectivity index is 1.71. The number of alkyl halides is 2. The van der Waals surface area contributed by atoms with Crippen LogP contribution in [0, 0.1) is 28.6 Å². The van der Waals surface area contributed by atoms with Gasteiger partial charge in [0.05, 0.1) is 29.9 Å². The molecule has 0 bridgehead atoms. The molecule has 0 saturated heterocycles. The monoisotopic (exact) mass is 528 g/mol. The zero-order chi connectivity index (χ0) is 32.5. The number of aliphatic hydroxyl groups is 1. The first-order valence-electron chi connectivity index (χ1n) is 15.4. The van der Waals surface area contributed by atoms with Crippen LogP contribution in [-0.4, -0.2) is 45.1 Å². The highest BCUT2D eigenvalue weighted by molar-refractivity contribution is 6.29. The first-order valence-corrected chi connectivity index (χ1v) is 12.1. The Labute approximate surface area is 225 Å². The summed E-state index contributed by atoms with van der Waals surface area (Å²) in [5.41, 5.74) is -5.65. The fraction of sp³-hybridized carbons (Fsp3) is 0.593. The molecule has 188 valence electrons. The zero-order valence-electron chi connectivity index (χ0n) is 27.3. The topological polar surface area (TPSA) is 93.8 Å². The Hall–Kier alpha value is -1.89. The molecule has 3 saturated carbocycles. The first kappa shape index (κ1) is 16.8. The summed E-state index contributed by atoms with van der Waals surface area (Å²) in [7, 11) is 0. The Morgan fingerprint density at radius 2 is 2.14 bits per heavy atom. The quantitative estimate of drug-likeness (QED) is 0.442. The molecular weight excluding hydrogens is 491 g/mol. The zero-order valence-corrected chi connectivity index (χ0v) is 20.8. The van der Waals surface area contributed by atoms with Crippen LogP contribution in [0.4, 0.5) is 0 Å². The minimum absolute atomic E-state index is 0.0508. The summed E-state index contributed by atoms with van der Waals surface area (Å²) >= 11 is 13.3. The van der Waals surface area contributed by atoms with Gasteiger partial charge in [0, 0.05) is 19.5 Å². The number of hydrogen-bond acceptors (Lipinski definition) is 6. The molecule has 0 spiro atoms. The minimum Gasteiger partial charge on any atom is -0.457 e. The lowest BCUT2D eigenvalue weighted by atomic mass is 9.45. The highest BCUT2D eigenvalue weighted by Gasteiger charge is 2.76. The standard InChI is InChI=1S/C27H30Cl2O6/c1-15-11-19-18-7-6-16-12-17(30)8-9-24(16,2)26(18,29)21(31)13-25(19,3)27(15,22(32)14-28)35-23(33)20-5-4-10-34-20/h4-5,8-10,12,15,18-19,21,31H,6-7,11,13-14H2,1-3H3/t15-,18+,19+,21+,24+,25+,26+,27+/m1/s1/i4D,5D,6D2,10D,12D,14D2. The van der Waals surface area contributed by atoms with Gasteiger partial charge in [-0.2, -0.15) is 0 Å². The van der Waals surface area contributed by atoms with Crippen LogP contribution in [0.2, 0.25) is 0 Å². The van der Waals surface area contributed by atoms with E-state index in [2.05, 4.69) is 0 Å². The van der Waals surface area contributed by atoms with Crippen LogP contribution in [0.3, 0.4) is 0 Å². The molecule has 5 rings (SSSR count). The number of furan rings is 1. The number of allylic oxidation sites excluding steroid dienone is 4. The van der Waals surface area contributed by atoms with Crippen LogP contribution in [-0.2, 0) is 14.3 Å². The number of carbonyl (C=O) groups excluding carboxylic acids is 3. The fourth-order valence-electron chi connectivity index (χ4n) is 7.33. The summed E-state index contributed by atoms with van der Waals surface area (Å²) in [6.07, 6.45) is -2.70. The van der Waals surface area contributed by atoms with Crippen molar-refractivity contribution in [2.75, 3.05) is 5.83 Å². The molecular formula is C27H30Cl2O6. The largest absolute Gasteiger partial charge is 0.457 e. The summed E-state index contributed by atoms with van der Waals surface area (Å²) in [5.74, 6) is -10.0. The molecule has 6 nitrogen and oxygen atoms in total. The van der Waals surface area contributed by atoms with Crippen molar-refractivity contribution in [2.24, 2.45) is 28.6 Å². The number of esters is 1. The molecule has 8 heteroatoms. The Kier molecular flexibility index (Phi) is 3.86. The van der Waals surface area contributed by atoms with Gasteiger partial charge in [0.15, 0.2) is 17.2 Å². The molecule has 4 aliphatic rings. The lowest BCUT2D eigenvalue weighted by Gasteiger charge is -2.64. The predicted octanol–water partition coefficient (Wildman–Crippen LogP) is 4.87. The molecule has 0 radical (unpaired) electrons. The number of carbonyl (C=O) groups is 3. The van der Waals surface area contributed by atoms with Gasteiger partial charge >= 0.3 is 5.97 Å². The number of ketones is 2. The van der Waals surface area contributed by atoms with Gasteiger partial charge < -0.3 is 14.3 Å². The van der Waals surface area contributed by atoms with Crippen molar-refractivity contribution in [1.29, 1.82) is 0 Å². The molecule has 1 aromatic rings. The Morgan fingerprint density at radius 3 is 2.80 bits per heavy atom. The number of halogens is 2. The molecule has 3 fully saturated rings.